The maximum atomic E-state index is 12.9. The number of fused-ring (bicyclic) bond motifs is 1. The zero-order valence-electron chi connectivity index (χ0n) is 17.8. The number of benzene rings is 1. The van der Waals surface area contributed by atoms with E-state index in [0.29, 0.717) is 25.1 Å². The van der Waals surface area contributed by atoms with E-state index in [-0.39, 0.29) is 24.1 Å². The third-order valence-electron chi connectivity index (χ3n) is 6.33. The van der Waals surface area contributed by atoms with E-state index in [9.17, 15) is 14.4 Å². The Hall–Kier alpha value is -3.46. The second kappa shape index (κ2) is 8.58. The van der Waals surface area contributed by atoms with Crippen LogP contribution in [-0.2, 0) is 22.7 Å². The first-order valence-electron chi connectivity index (χ1n) is 11.0. The van der Waals surface area contributed by atoms with Crippen LogP contribution in [0.25, 0.3) is 0 Å². The predicted molar refractivity (Wildman–Crippen MR) is 119 cm³/mol. The monoisotopic (exact) mass is 434 g/mol. The lowest BCUT2D eigenvalue weighted by molar-refractivity contribution is -0.136. The number of carbonyl (C=O) groups is 3. The molecule has 1 unspecified atom stereocenters. The van der Waals surface area contributed by atoms with E-state index < -0.39 is 6.04 Å². The van der Waals surface area contributed by atoms with Gasteiger partial charge < -0.3 is 20.4 Å². The van der Waals surface area contributed by atoms with Gasteiger partial charge in [-0.15, -0.1) is 0 Å². The van der Waals surface area contributed by atoms with Crippen LogP contribution in [0.5, 0.6) is 0 Å². The Labute approximate surface area is 186 Å². The molecule has 166 valence electrons. The molecular formula is C23H26N6O3. The number of piperazine rings is 1. The average Bonchev–Trinajstić information content (AvgIpc) is 3.14. The van der Waals surface area contributed by atoms with Crippen molar-refractivity contribution < 1.29 is 14.4 Å². The molecular weight excluding hydrogens is 408 g/mol. The number of hydrogen-bond donors (Lipinski definition) is 3. The highest BCUT2D eigenvalue weighted by atomic mass is 16.2. The number of piperidine rings is 1. The van der Waals surface area contributed by atoms with E-state index in [2.05, 4.69) is 25.8 Å². The van der Waals surface area contributed by atoms with E-state index in [1.807, 2.05) is 36.7 Å². The fourth-order valence-corrected chi connectivity index (χ4v) is 4.64. The minimum atomic E-state index is -0.592. The number of hydrogen-bond acceptors (Lipinski definition) is 7. The van der Waals surface area contributed by atoms with Gasteiger partial charge in [0.2, 0.25) is 11.8 Å². The quantitative estimate of drug-likeness (QED) is 0.600. The number of amides is 3. The van der Waals surface area contributed by atoms with Crippen LogP contribution in [0, 0.1) is 0 Å². The van der Waals surface area contributed by atoms with E-state index in [1.54, 1.807) is 4.90 Å². The van der Waals surface area contributed by atoms with Gasteiger partial charge in [0.05, 0.1) is 17.6 Å². The molecule has 1 aromatic heterocycles. The molecule has 0 saturated carbocycles. The molecule has 1 atom stereocenters. The summed E-state index contributed by atoms with van der Waals surface area (Å²) < 4.78 is 0. The Balaban J connectivity index is 1.28. The first kappa shape index (κ1) is 20.4. The summed E-state index contributed by atoms with van der Waals surface area (Å²) in [5, 5.41) is 9.20. The number of aromatic nitrogens is 1. The maximum absolute atomic E-state index is 12.9. The lowest BCUT2D eigenvalue weighted by atomic mass is 10.0. The Kier molecular flexibility index (Phi) is 5.48. The summed E-state index contributed by atoms with van der Waals surface area (Å²) in [5.74, 6) is -0.817. The van der Waals surface area contributed by atoms with Gasteiger partial charge in [0.1, 0.15) is 6.04 Å². The van der Waals surface area contributed by atoms with Crippen LogP contribution in [0.1, 0.15) is 34.3 Å². The van der Waals surface area contributed by atoms with Crippen LogP contribution in [-0.4, -0.2) is 59.8 Å². The highest BCUT2D eigenvalue weighted by Gasteiger charge is 2.39. The zero-order valence-corrected chi connectivity index (χ0v) is 17.8. The predicted octanol–water partition coefficient (Wildman–Crippen LogP) is 0.864. The molecule has 2 saturated heterocycles. The van der Waals surface area contributed by atoms with Crippen molar-refractivity contribution in [1.82, 2.24) is 20.5 Å². The molecule has 3 aliphatic rings. The first-order valence-corrected chi connectivity index (χ1v) is 11.0. The molecule has 3 aliphatic heterocycles. The minimum Gasteiger partial charge on any atom is -0.378 e. The van der Waals surface area contributed by atoms with Gasteiger partial charge in [-0.1, -0.05) is 12.1 Å². The number of anilines is 2. The minimum absolute atomic E-state index is 0.151. The highest BCUT2D eigenvalue weighted by Crippen LogP contribution is 2.29. The molecule has 9 heteroatoms. The molecule has 0 radical (unpaired) electrons. The zero-order chi connectivity index (χ0) is 22.1. The summed E-state index contributed by atoms with van der Waals surface area (Å²) in [6.45, 7) is 4.82. The largest absolute Gasteiger partial charge is 0.378 e. The van der Waals surface area contributed by atoms with E-state index in [4.69, 9.17) is 0 Å². The second-order valence-corrected chi connectivity index (χ2v) is 8.37. The third kappa shape index (κ3) is 3.91. The van der Waals surface area contributed by atoms with E-state index in [1.165, 1.54) is 0 Å². The molecule has 32 heavy (non-hydrogen) atoms. The summed E-state index contributed by atoms with van der Waals surface area (Å²) in [6.07, 6.45) is 4.28. The Bertz CT molecular complexity index is 1070. The van der Waals surface area contributed by atoms with Crippen molar-refractivity contribution in [1.29, 1.82) is 0 Å². The van der Waals surface area contributed by atoms with Crippen molar-refractivity contribution in [3.8, 4) is 0 Å². The van der Waals surface area contributed by atoms with Crippen LogP contribution >= 0.6 is 0 Å². The molecule has 1 aromatic carbocycles. The van der Waals surface area contributed by atoms with Crippen molar-refractivity contribution in [2.45, 2.75) is 32.0 Å². The number of pyridine rings is 1. The van der Waals surface area contributed by atoms with Crippen LogP contribution in [0.3, 0.4) is 0 Å². The fourth-order valence-electron chi connectivity index (χ4n) is 4.64. The van der Waals surface area contributed by atoms with Crippen molar-refractivity contribution >= 4 is 29.1 Å². The molecule has 2 aromatic rings. The topological polar surface area (TPSA) is 107 Å². The molecule has 0 aliphatic carbocycles. The highest BCUT2D eigenvalue weighted by molar-refractivity contribution is 6.05. The van der Waals surface area contributed by atoms with Crippen molar-refractivity contribution in [3.05, 3.63) is 53.3 Å². The Morgan fingerprint density at radius 1 is 1.12 bits per heavy atom. The Morgan fingerprint density at radius 2 is 1.97 bits per heavy atom. The number of nitrogens with one attached hydrogen (secondary N) is 3. The average molecular weight is 435 g/mol. The molecule has 4 heterocycles. The number of carbonyl (C=O) groups excluding carboxylic acids is 3. The normalized spacial score (nSPS) is 20.9. The van der Waals surface area contributed by atoms with Crippen LogP contribution < -0.4 is 20.9 Å². The van der Waals surface area contributed by atoms with Gasteiger partial charge >= 0.3 is 0 Å². The summed E-state index contributed by atoms with van der Waals surface area (Å²) in [5.41, 5.74) is 4.71. The van der Waals surface area contributed by atoms with Crippen LogP contribution in [0.2, 0.25) is 0 Å². The standard InChI is InChI=1S/C23H26N6O3/c30-21-4-3-20(22(31)27-21)29-14-16-11-15(1-2-17(16)23(29)32)12-26-18-13-25-6-5-19(18)28-9-7-24-8-10-28/h1-2,5-6,11,13,20,24,26H,3-4,7-10,12,14H2,(H,27,30,31). The van der Waals surface area contributed by atoms with E-state index in [0.717, 1.165) is 48.7 Å². The van der Waals surface area contributed by atoms with Crippen LogP contribution in [0.15, 0.2) is 36.7 Å². The lowest BCUT2D eigenvalue weighted by Crippen LogP contribution is -2.52. The van der Waals surface area contributed by atoms with Crippen molar-refractivity contribution in [3.63, 3.8) is 0 Å². The van der Waals surface area contributed by atoms with Gasteiger partial charge in [-0.2, -0.15) is 0 Å². The number of imide groups is 1. The SMILES string of the molecule is O=C1CCC(N2Cc3cc(CNc4cnccc4N4CCNCC4)ccc3C2=O)C(=O)N1. The molecule has 2 fully saturated rings. The van der Waals surface area contributed by atoms with Crippen molar-refractivity contribution in [2.24, 2.45) is 0 Å². The third-order valence-corrected chi connectivity index (χ3v) is 6.33. The first-order chi connectivity index (χ1) is 15.6. The summed E-state index contributed by atoms with van der Waals surface area (Å²) in [7, 11) is 0. The molecule has 0 bridgehead atoms. The number of rotatable bonds is 5. The van der Waals surface area contributed by atoms with Gasteiger partial charge in [0, 0.05) is 57.4 Å². The Morgan fingerprint density at radius 3 is 2.78 bits per heavy atom. The summed E-state index contributed by atoms with van der Waals surface area (Å²) in [6, 6.07) is 7.24. The van der Waals surface area contributed by atoms with Gasteiger partial charge in [-0.05, 0) is 29.7 Å². The molecule has 5 rings (SSSR count). The molecule has 0 spiro atoms. The van der Waals surface area contributed by atoms with Gasteiger partial charge in [0.15, 0.2) is 0 Å². The summed E-state index contributed by atoms with van der Waals surface area (Å²) in [4.78, 5) is 44.7. The molecule has 3 amide bonds. The number of nitrogens with zero attached hydrogens (tertiary/aromatic N) is 3. The summed E-state index contributed by atoms with van der Waals surface area (Å²) >= 11 is 0. The molecule has 9 nitrogen and oxygen atoms in total. The van der Waals surface area contributed by atoms with E-state index >= 15 is 0 Å². The fraction of sp³-hybridized carbons (Fsp3) is 0.391. The smallest absolute Gasteiger partial charge is 0.255 e. The van der Waals surface area contributed by atoms with Gasteiger partial charge in [-0.3, -0.25) is 24.7 Å². The van der Waals surface area contributed by atoms with Gasteiger partial charge in [0.25, 0.3) is 5.91 Å². The van der Waals surface area contributed by atoms with Crippen molar-refractivity contribution in [2.75, 3.05) is 36.4 Å². The van der Waals surface area contributed by atoms with Gasteiger partial charge in [-0.25, -0.2) is 0 Å². The maximum Gasteiger partial charge on any atom is 0.255 e. The van der Waals surface area contributed by atoms with Crippen LogP contribution in [0.4, 0.5) is 11.4 Å². The second-order valence-electron chi connectivity index (χ2n) is 8.37. The lowest BCUT2D eigenvalue weighted by Gasteiger charge is -2.31. The molecule has 3 N–H and O–H groups in total.